The zero-order valence-electron chi connectivity index (χ0n) is 10.7. The standard InChI is InChI=1S/C10H18N6O3/c1-7(4-5-9(17)18)12-10(19)11-6-2-3-8-13-15-16-14-8/h7H,2-6H2,1H3,(H,17,18)(H2,11,12,19)(H,13,14,15,16). The van der Waals surface area contributed by atoms with Gasteiger partial charge in [-0.3, -0.25) is 4.79 Å². The third kappa shape index (κ3) is 6.96. The first-order valence-electron chi connectivity index (χ1n) is 6.06. The summed E-state index contributed by atoms with van der Waals surface area (Å²) in [5.41, 5.74) is 0. The number of hydrogen-bond acceptors (Lipinski definition) is 5. The van der Waals surface area contributed by atoms with Crippen molar-refractivity contribution in [3.63, 3.8) is 0 Å². The molecular weight excluding hydrogens is 252 g/mol. The van der Waals surface area contributed by atoms with Crippen molar-refractivity contribution in [3.8, 4) is 0 Å². The number of aromatic amines is 1. The number of carboxylic acids is 1. The lowest BCUT2D eigenvalue weighted by atomic mass is 10.2. The molecule has 1 atom stereocenters. The molecule has 1 unspecified atom stereocenters. The van der Waals surface area contributed by atoms with E-state index in [1.165, 1.54) is 0 Å². The molecule has 0 aromatic carbocycles. The number of carboxylic acid groups (broad SMARTS) is 1. The Bertz CT molecular complexity index is 394. The molecule has 9 nitrogen and oxygen atoms in total. The zero-order chi connectivity index (χ0) is 14.1. The van der Waals surface area contributed by atoms with Crippen LogP contribution in [0.15, 0.2) is 0 Å². The third-order valence-corrected chi connectivity index (χ3v) is 2.43. The van der Waals surface area contributed by atoms with E-state index in [4.69, 9.17) is 5.11 Å². The third-order valence-electron chi connectivity index (χ3n) is 2.43. The minimum absolute atomic E-state index is 0.0416. The van der Waals surface area contributed by atoms with E-state index in [0.717, 1.165) is 0 Å². The van der Waals surface area contributed by atoms with E-state index in [1.807, 2.05) is 0 Å². The molecule has 0 saturated carbocycles. The van der Waals surface area contributed by atoms with Gasteiger partial charge >= 0.3 is 12.0 Å². The summed E-state index contributed by atoms with van der Waals surface area (Å²) in [6.45, 7) is 2.26. The van der Waals surface area contributed by atoms with Crippen molar-refractivity contribution in [2.45, 2.75) is 38.6 Å². The molecule has 0 saturated heterocycles. The number of carbonyl (C=O) groups excluding carboxylic acids is 1. The van der Waals surface area contributed by atoms with Crippen molar-refractivity contribution < 1.29 is 14.7 Å². The summed E-state index contributed by atoms with van der Waals surface area (Å²) in [4.78, 5) is 21.8. The summed E-state index contributed by atoms with van der Waals surface area (Å²) < 4.78 is 0. The highest BCUT2D eigenvalue weighted by molar-refractivity contribution is 5.74. The monoisotopic (exact) mass is 270 g/mol. The van der Waals surface area contributed by atoms with Crippen LogP contribution in [0, 0.1) is 0 Å². The minimum atomic E-state index is -0.866. The molecule has 0 aliphatic carbocycles. The lowest BCUT2D eigenvalue weighted by Crippen LogP contribution is -2.41. The van der Waals surface area contributed by atoms with Crippen LogP contribution in [-0.2, 0) is 11.2 Å². The van der Waals surface area contributed by atoms with Crippen LogP contribution in [0.4, 0.5) is 4.79 Å². The van der Waals surface area contributed by atoms with E-state index in [-0.39, 0.29) is 18.5 Å². The number of nitrogens with one attached hydrogen (secondary N) is 3. The molecule has 1 rings (SSSR count). The molecule has 106 valence electrons. The van der Waals surface area contributed by atoms with E-state index in [1.54, 1.807) is 6.92 Å². The van der Waals surface area contributed by atoms with Gasteiger partial charge in [0.15, 0.2) is 0 Å². The van der Waals surface area contributed by atoms with Crippen LogP contribution in [-0.4, -0.2) is 50.3 Å². The fourth-order valence-electron chi connectivity index (χ4n) is 1.43. The Morgan fingerprint density at radius 3 is 2.89 bits per heavy atom. The Kier molecular flexibility index (Phi) is 6.27. The molecule has 0 bridgehead atoms. The van der Waals surface area contributed by atoms with Crippen LogP contribution >= 0.6 is 0 Å². The molecule has 0 radical (unpaired) electrons. The molecule has 2 amide bonds. The molecule has 19 heavy (non-hydrogen) atoms. The molecule has 9 heteroatoms. The maximum absolute atomic E-state index is 11.4. The lowest BCUT2D eigenvalue weighted by Gasteiger charge is -2.13. The van der Waals surface area contributed by atoms with Gasteiger partial charge in [-0.1, -0.05) is 0 Å². The summed E-state index contributed by atoms with van der Waals surface area (Å²) in [7, 11) is 0. The Morgan fingerprint density at radius 1 is 1.47 bits per heavy atom. The Labute approximate surface area is 110 Å². The summed E-state index contributed by atoms with van der Waals surface area (Å²) in [6, 6.07) is -0.469. The van der Waals surface area contributed by atoms with Crippen molar-refractivity contribution in [1.82, 2.24) is 31.3 Å². The fourth-order valence-corrected chi connectivity index (χ4v) is 1.43. The predicted molar refractivity (Wildman–Crippen MR) is 65.4 cm³/mol. The highest BCUT2D eigenvalue weighted by Gasteiger charge is 2.08. The molecule has 0 fully saturated rings. The van der Waals surface area contributed by atoms with E-state index < -0.39 is 5.97 Å². The number of nitrogens with zero attached hydrogens (tertiary/aromatic N) is 3. The number of tetrazole rings is 1. The topological polar surface area (TPSA) is 133 Å². The van der Waals surface area contributed by atoms with Gasteiger partial charge in [-0.25, -0.2) is 9.89 Å². The second-order valence-electron chi connectivity index (χ2n) is 4.19. The van der Waals surface area contributed by atoms with Gasteiger partial charge in [0.2, 0.25) is 0 Å². The number of hydrogen-bond donors (Lipinski definition) is 4. The highest BCUT2D eigenvalue weighted by Crippen LogP contribution is 1.96. The van der Waals surface area contributed by atoms with Crippen molar-refractivity contribution in [2.24, 2.45) is 0 Å². The smallest absolute Gasteiger partial charge is 0.314 e. The number of aryl methyl sites for hydroxylation is 1. The predicted octanol–water partition coefficient (Wildman–Crippen LogP) is -0.315. The van der Waals surface area contributed by atoms with Crippen LogP contribution in [0.25, 0.3) is 0 Å². The van der Waals surface area contributed by atoms with Crippen LogP contribution < -0.4 is 10.6 Å². The first kappa shape index (κ1) is 14.9. The number of H-pyrrole nitrogens is 1. The average Bonchev–Trinajstić information content (AvgIpc) is 2.85. The number of rotatable bonds is 8. The number of amides is 2. The number of aliphatic carboxylic acids is 1. The van der Waals surface area contributed by atoms with Gasteiger partial charge in [0, 0.05) is 25.4 Å². The van der Waals surface area contributed by atoms with Crippen molar-refractivity contribution in [3.05, 3.63) is 5.82 Å². The summed E-state index contributed by atoms with van der Waals surface area (Å²) in [5, 5.41) is 27.1. The highest BCUT2D eigenvalue weighted by atomic mass is 16.4. The SMILES string of the molecule is CC(CCC(=O)O)NC(=O)NCCCc1nnn[nH]1. The van der Waals surface area contributed by atoms with Crippen LogP contribution in [0.1, 0.15) is 32.0 Å². The summed E-state index contributed by atoms with van der Waals surface area (Å²) in [5.74, 6) is -0.188. The first-order chi connectivity index (χ1) is 9.08. The van der Waals surface area contributed by atoms with Crippen LogP contribution in [0.5, 0.6) is 0 Å². The summed E-state index contributed by atoms with van der Waals surface area (Å²) >= 11 is 0. The second-order valence-corrected chi connectivity index (χ2v) is 4.19. The Hall–Kier alpha value is -2.19. The molecule has 0 aliphatic rings. The molecule has 1 aromatic heterocycles. The van der Waals surface area contributed by atoms with Gasteiger partial charge in [-0.2, -0.15) is 0 Å². The molecule has 1 aromatic rings. The Balaban J connectivity index is 2.05. The van der Waals surface area contributed by atoms with Gasteiger partial charge < -0.3 is 15.7 Å². The fraction of sp³-hybridized carbons (Fsp3) is 0.700. The van der Waals surface area contributed by atoms with Gasteiger partial charge in [-0.15, -0.1) is 5.10 Å². The molecule has 0 aliphatic heterocycles. The largest absolute Gasteiger partial charge is 0.481 e. The maximum atomic E-state index is 11.4. The quantitative estimate of drug-likeness (QED) is 0.479. The summed E-state index contributed by atoms with van der Waals surface area (Å²) in [6.07, 6.45) is 1.82. The zero-order valence-corrected chi connectivity index (χ0v) is 10.7. The van der Waals surface area contributed by atoms with E-state index in [9.17, 15) is 9.59 Å². The number of urea groups is 1. The maximum Gasteiger partial charge on any atom is 0.314 e. The average molecular weight is 270 g/mol. The van der Waals surface area contributed by atoms with Crippen molar-refractivity contribution >= 4 is 12.0 Å². The first-order valence-corrected chi connectivity index (χ1v) is 6.06. The van der Waals surface area contributed by atoms with Gasteiger partial charge in [0.1, 0.15) is 5.82 Å². The van der Waals surface area contributed by atoms with Gasteiger partial charge in [0.05, 0.1) is 0 Å². The van der Waals surface area contributed by atoms with Crippen LogP contribution in [0.3, 0.4) is 0 Å². The minimum Gasteiger partial charge on any atom is -0.481 e. The Morgan fingerprint density at radius 2 is 2.26 bits per heavy atom. The van der Waals surface area contributed by atoms with Gasteiger partial charge in [0.25, 0.3) is 0 Å². The van der Waals surface area contributed by atoms with E-state index in [0.29, 0.717) is 31.6 Å². The van der Waals surface area contributed by atoms with Crippen LogP contribution in [0.2, 0.25) is 0 Å². The molecular formula is C10H18N6O3. The second kappa shape index (κ2) is 8.01. The molecule has 1 heterocycles. The van der Waals surface area contributed by atoms with Crippen molar-refractivity contribution in [2.75, 3.05) is 6.54 Å². The molecule has 0 spiro atoms. The van der Waals surface area contributed by atoms with E-state index >= 15 is 0 Å². The van der Waals surface area contributed by atoms with Gasteiger partial charge in [-0.05, 0) is 30.2 Å². The normalized spacial score (nSPS) is 11.8. The number of aromatic nitrogens is 4. The van der Waals surface area contributed by atoms with E-state index in [2.05, 4.69) is 31.3 Å². The number of carbonyl (C=O) groups is 2. The molecule has 4 N–H and O–H groups in total. The van der Waals surface area contributed by atoms with Crippen molar-refractivity contribution in [1.29, 1.82) is 0 Å². The lowest BCUT2D eigenvalue weighted by molar-refractivity contribution is -0.137.